The number of rotatable bonds is 2. The van der Waals surface area contributed by atoms with E-state index in [1.807, 2.05) is 32.0 Å². The van der Waals surface area contributed by atoms with Gasteiger partial charge in [0.1, 0.15) is 11.6 Å². The molecular formula is C20H18FN3O. The average molecular weight is 335 g/mol. The second-order valence-electron chi connectivity index (χ2n) is 6.51. The minimum atomic E-state index is -0.299. The van der Waals surface area contributed by atoms with Crippen molar-refractivity contribution in [2.75, 3.05) is 5.32 Å². The molecule has 1 aliphatic rings. The van der Waals surface area contributed by atoms with Crippen LogP contribution in [0.25, 0.3) is 5.69 Å². The van der Waals surface area contributed by atoms with Crippen LogP contribution in [-0.4, -0.2) is 15.7 Å². The molecule has 0 saturated heterocycles. The standard InChI is InChI=1S/C20H18FN3O/c1-12-6-7-18(13(2)8-12)24-20-17(11-22-24)16(10-19(25)23-20)14-4-3-5-15(21)9-14/h3-9,11,16H,10H2,1-2H3,(H,23,25). The number of carbonyl (C=O) groups excluding carboxylic acids is 1. The predicted molar refractivity (Wildman–Crippen MR) is 94.5 cm³/mol. The fourth-order valence-corrected chi connectivity index (χ4v) is 3.47. The van der Waals surface area contributed by atoms with E-state index in [0.29, 0.717) is 5.82 Å². The highest BCUT2D eigenvalue weighted by Crippen LogP contribution is 2.38. The number of anilines is 1. The van der Waals surface area contributed by atoms with Crippen LogP contribution in [0.4, 0.5) is 10.2 Å². The summed E-state index contributed by atoms with van der Waals surface area (Å²) in [4.78, 5) is 12.3. The van der Waals surface area contributed by atoms with Crippen molar-refractivity contribution in [1.29, 1.82) is 0 Å². The summed E-state index contributed by atoms with van der Waals surface area (Å²) in [6.45, 7) is 4.06. The molecule has 2 aromatic carbocycles. The molecule has 25 heavy (non-hydrogen) atoms. The van der Waals surface area contributed by atoms with Crippen molar-refractivity contribution in [2.24, 2.45) is 0 Å². The summed E-state index contributed by atoms with van der Waals surface area (Å²) in [5, 5.41) is 7.43. The van der Waals surface area contributed by atoms with Crippen molar-refractivity contribution in [3.05, 3.63) is 76.7 Å². The number of halogens is 1. The number of nitrogens with zero attached hydrogens (tertiary/aromatic N) is 2. The van der Waals surface area contributed by atoms with Crippen LogP contribution in [0, 0.1) is 19.7 Å². The molecule has 1 unspecified atom stereocenters. The van der Waals surface area contributed by atoms with Gasteiger partial charge in [-0.1, -0.05) is 29.8 Å². The van der Waals surface area contributed by atoms with Crippen LogP contribution >= 0.6 is 0 Å². The van der Waals surface area contributed by atoms with Gasteiger partial charge in [0.25, 0.3) is 0 Å². The summed E-state index contributed by atoms with van der Waals surface area (Å²) in [5.41, 5.74) is 4.87. The van der Waals surface area contributed by atoms with Crippen LogP contribution in [0.1, 0.15) is 34.6 Å². The maximum atomic E-state index is 13.6. The van der Waals surface area contributed by atoms with E-state index in [-0.39, 0.29) is 24.1 Å². The van der Waals surface area contributed by atoms with E-state index >= 15 is 0 Å². The van der Waals surface area contributed by atoms with Gasteiger partial charge >= 0.3 is 0 Å². The Kier molecular flexibility index (Phi) is 3.64. The molecule has 0 saturated carbocycles. The van der Waals surface area contributed by atoms with Gasteiger partial charge < -0.3 is 5.32 Å². The molecule has 1 aromatic heterocycles. The Bertz CT molecular complexity index is 977. The third-order valence-corrected chi connectivity index (χ3v) is 4.65. The van der Waals surface area contributed by atoms with E-state index in [4.69, 9.17) is 0 Å². The quantitative estimate of drug-likeness (QED) is 0.766. The smallest absolute Gasteiger partial charge is 0.226 e. The zero-order valence-corrected chi connectivity index (χ0v) is 14.1. The Balaban J connectivity index is 1.84. The van der Waals surface area contributed by atoms with Crippen molar-refractivity contribution in [3.8, 4) is 5.69 Å². The first-order valence-electron chi connectivity index (χ1n) is 8.24. The molecule has 2 heterocycles. The summed E-state index contributed by atoms with van der Waals surface area (Å²) < 4.78 is 15.4. The van der Waals surface area contributed by atoms with Gasteiger partial charge in [0.15, 0.2) is 0 Å². The van der Waals surface area contributed by atoms with Crippen molar-refractivity contribution >= 4 is 11.7 Å². The van der Waals surface area contributed by atoms with Crippen LogP contribution in [0.15, 0.2) is 48.7 Å². The SMILES string of the molecule is Cc1ccc(-n2ncc3c2NC(=O)CC3c2cccc(F)c2)c(C)c1. The van der Waals surface area contributed by atoms with Crippen LogP contribution < -0.4 is 5.32 Å². The van der Waals surface area contributed by atoms with E-state index in [0.717, 1.165) is 22.4 Å². The first-order chi connectivity index (χ1) is 12.0. The van der Waals surface area contributed by atoms with Crippen molar-refractivity contribution in [1.82, 2.24) is 9.78 Å². The molecule has 0 aliphatic carbocycles. The number of amides is 1. The van der Waals surface area contributed by atoms with Gasteiger partial charge in [0.2, 0.25) is 5.91 Å². The van der Waals surface area contributed by atoms with E-state index in [1.165, 1.54) is 17.7 Å². The van der Waals surface area contributed by atoms with Gasteiger partial charge in [-0.15, -0.1) is 0 Å². The summed E-state index contributed by atoms with van der Waals surface area (Å²) in [6, 6.07) is 12.5. The molecule has 1 amide bonds. The molecule has 1 atom stereocenters. The Morgan fingerprint density at radius 1 is 1.20 bits per heavy atom. The zero-order chi connectivity index (χ0) is 17.6. The van der Waals surface area contributed by atoms with Gasteiger partial charge in [0.05, 0.1) is 11.9 Å². The average Bonchev–Trinajstić information content (AvgIpc) is 2.97. The predicted octanol–water partition coefficient (Wildman–Crippen LogP) is 4.10. The second-order valence-corrected chi connectivity index (χ2v) is 6.51. The first kappa shape index (κ1) is 15.6. The third kappa shape index (κ3) is 2.71. The molecule has 0 radical (unpaired) electrons. The van der Waals surface area contributed by atoms with Crippen LogP contribution in [0.5, 0.6) is 0 Å². The van der Waals surface area contributed by atoms with Gasteiger partial charge in [0, 0.05) is 17.9 Å². The number of nitrogens with one attached hydrogen (secondary N) is 1. The van der Waals surface area contributed by atoms with Crippen LogP contribution in [-0.2, 0) is 4.79 Å². The number of aryl methyl sites for hydroxylation is 2. The number of benzene rings is 2. The van der Waals surface area contributed by atoms with E-state index in [1.54, 1.807) is 16.9 Å². The minimum Gasteiger partial charge on any atom is -0.310 e. The van der Waals surface area contributed by atoms with Gasteiger partial charge in [-0.25, -0.2) is 9.07 Å². The Morgan fingerprint density at radius 3 is 2.80 bits per heavy atom. The van der Waals surface area contributed by atoms with Gasteiger partial charge in [-0.05, 0) is 43.2 Å². The highest BCUT2D eigenvalue weighted by atomic mass is 19.1. The lowest BCUT2D eigenvalue weighted by molar-refractivity contribution is -0.116. The molecular weight excluding hydrogens is 317 g/mol. The van der Waals surface area contributed by atoms with E-state index in [2.05, 4.69) is 16.5 Å². The van der Waals surface area contributed by atoms with E-state index in [9.17, 15) is 9.18 Å². The van der Waals surface area contributed by atoms with E-state index < -0.39 is 0 Å². The molecule has 4 nitrogen and oxygen atoms in total. The molecule has 0 fully saturated rings. The molecule has 0 bridgehead atoms. The Hall–Kier alpha value is -2.95. The van der Waals surface area contributed by atoms with Crippen molar-refractivity contribution in [3.63, 3.8) is 0 Å². The lowest BCUT2D eigenvalue weighted by atomic mass is 9.87. The highest BCUT2D eigenvalue weighted by Gasteiger charge is 2.30. The molecule has 5 heteroatoms. The lowest BCUT2D eigenvalue weighted by Crippen LogP contribution is -2.24. The highest BCUT2D eigenvalue weighted by molar-refractivity contribution is 5.94. The number of hydrogen-bond donors (Lipinski definition) is 1. The fraction of sp³-hybridized carbons (Fsp3) is 0.200. The molecule has 0 spiro atoms. The minimum absolute atomic E-state index is 0.0896. The Labute approximate surface area is 145 Å². The number of hydrogen-bond acceptors (Lipinski definition) is 2. The largest absolute Gasteiger partial charge is 0.310 e. The molecule has 126 valence electrons. The third-order valence-electron chi connectivity index (χ3n) is 4.65. The molecule has 3 aromatic rings. The summed E-state index contributed by atoms with van der Waals surface area (Å²) in [6.07, 6.45) is 2.05. The van der Waals surface area contributed by atoms with Gasteiger partial charge in [-0.2, -0.15) is 5.10 Å². The van der Waals surface area contributed by atoms with Crippen LogP contribution in [0.2, 0.25) is 0 Å². The first-order valence-corrected chi connectivity index (χ1v) is 8.24. The summed E-state index contributed by atoms with van der Waals surface area (Å²) >= 11 is 0. The van der Waals surface area contributed by atoms with Crippen LogP contribution in [0.3, 0.4) is 0 Å². The maximum absolute atomic E-state index is 13.6. The normalized spacial score (nSPS) is 16.4. The molecule has 1 aliphatic heterocycles. The Morgan fingerprint density at radius 2 is 2.04 bits per heavy atom. The van der Waals surface area contributed by atoms with Crippen molar-refractivity contribution in [2.45, 2.75) is 26.2 Å². The maximum Gasteiger partial charge on any atom is 0.226 e. The summed E-state index contributed by atoms with van der Waals surface area (Å²) in [7, 11) is 0. The molecule has 4 rings (SSSR count). The zero-order valence-electron chi connectivity index (χ0n) is 14.1. The van der Waals surface area contributed by atoms with Gasteiger partial charge in [-0.3, -0.25) is 4.79 Å². The number of fused-ring (bicyclic) bond motifs is 1. The fourth-order valence-electron chi connectivity index (χ4n) is 3.47. The van der Waals surface area contributed by atoms with Crippen molar-refractivity contribution < 1.29 is 9.18 Å². The molecule has 1 N–H and O–H groups in total. The number of carbonyl (C=O) groups is 1. The summed E-state index contributed by atoms with van der Waals surface area (Å²) in [5.74, 6) is 0.0801. The topological polar surface area (TPSA) is 46.9 Å². The second kappa shape index (κ2) is 5.84. The lowest BCUT2D eigenvalue weighted by Gasteiger charge is -2.24. The number of aromatic nitrogens is 2. The monoisotopic (exact) mass is 335 g/mol.